The molecule has 0 aliphatic rings. The van der Waals surface area contributed by atoms with Crippen molar-refractivity contribution in [1.29, 1.82) is 0 Å². The van der Waals surface area contributed by atoms with Gasteiger partial charge in [0, 0.05) is 0 Å². The molecule has 0 saturated carbocycles. The Morgan fingerprint density at radius 2 is 1.85 bits per heavy atom. The number of aliphatic hydroxyl groups excluding tert-OH is 1. The van der Waals surface area contributed by atoms with Crippen LogP contribution in [0.3, 0.4) is 0 Å². The van der Waals surface area contributed by atoms with Crippen LogP contribution in [-0.4, -0.2) is 12.2 Å². The molecule has 0 aromatic heterocycles. The van der Waals surface area contributed by atoms with E-state index in [1.54, 1.807) is 7.11 Å². The van der Waals surface area contributed by atoms with E-state index >= 15 is 0 Å². The number of halogens is 1. The zero-order valence-corrected chi connectivity index (χ0v) is 13.3. The van der Waals surface area contributed by atoms with Gasteiger partial charge in [-0.25, -0.2) is 0 Å². The van der Waals surface area contributed by atoms with Crippen LogP contribution >= 0.6 is 15.9 Å². The van der Waals surface area contributed by atoms with E-state index in [2.05, 4.69) is 22.9 Å². The van der Waals surface area contributed by atoms with Crippen LogP contribution in [0.5, 0.6) is 5.75 Å². The minimum atomic E-state index is -0.447. The lowest BCUT2D eigenvalue weighted by molar-refractivity contribution is 0.117. The molecule has 20 heavy (non-hydrogen) atoms. The van der Waals surface area contributed by atoms with Crippen molar-refractivity contribution in [3.05, 3.63) is 64.1 Å². The van der Waals surface area contributed by atoms with Gasteiger partial charge in [-0.1, -0.05) is 43.3 Å². The Kier molecular flexibility index (Phi) is 5.21. The van der Waals surface area contributed by atoms with Crippen LogP contribution in [0, 0.1) is 5.92 Å². The third-order valence-corrected chi connectivity index (χ3v) is 4.07. The predicted octanol–water partition coefficient (Wildman–Crippen LogP) is 4.37. The van der Waals surface area contributed by atoms with E-state index in [1.807, 2.05) is 48.5 Å². The molecule has 0 aliphatic carbocycles. The molecule has 0 bridgehead atoms. The minimum absolute atomic E-state index is 0.151. The fraction of sp³-hybridized carbons (Fsp3) is 0.294. The standard InChI is InChI=1S/C17H19BrO2/c1-12(17(19)14-6-4-3-5-7-14)10-13-8-9-16(20-2)15(18)11-13/h3-9,11-12,17,19H,10H2,1-2H3. The molecule has 2 atom stereocenters. The molecule has 0 spiro atoms. The average molecular weight is 335 g/mol. The molecular weight excluding hydrogens is 316 g/mol. The first-order valence-corrected chi connectivity index (χ1v) is 7.46. The number of aliphatic hydroxyl groups is 1. The van der Waals surface area contributed by atoms with Crippen molar-refractivity contribution >= 4 is 15.9 Å². The van der Waals surface area contributed by atoms with E-state index < -0.39 is 6.10 Å². The van der Waals surface area contributed by atoms with Crippen LogP contribution in [0.1, 0.15) is 24.2 Å². The molecule has 2 unspecified atom stereocenters. The fourth-order valence-corrected chi connectivity index (χ4v) is 2.89. The zero-order chi connectivity index (χ0) is 14.5. The summed E-state index contributed by atoms with van der Waals surface area (Å²) >= 11 is 3.49. The smallest absolute Gasteiger partial charge is 0.133 e. The zero-order valence-electron chi connectivity index (χ0n) is 11.7. The molecule has 2 nitrogen and oxygen atoms in total. The van der Waals surface area contributed by atoms with Crippen molar-refractivity contribution in [2.24, 2.45) is 5.92 Å². The van der Waals surface area contributed by atoms with Crippen molar-refractivity contribution in [1.82, 2.24) is 0 Å². The summed E-state index contributed by atoms with van der Waals surface area (Å²) in [5.41, 5.74) is 2.15. The largest absolute Gasteiger partial charge is 0.496 e. The minimum Gasteiger partial charge on any atom is -0.496 e. The lowest BCUT2D eigenvalue weighted by Gasteiger charge is -2.19. The lowest BCUT2D eigenvalue weighted by atomic mass is 9.91. The highest BCUT2D eigenvalue weighted by Crippen LogP contribution is 2.29. The Bertz CT molecular complexity index is 554. The van der Waals surface area contributed by atoms with Crippen LogP contribution in [0.4, 0.5) is 0 Å². The fourth-order valence-electron chi connectivity index (χ4n) is 2.30. The number of hydrogen-bond donors (Lipinski definition) is 1. The van der Waals surface area contributed by atoms with E-state index in [0.29, 0.717) is 0 Å². The molecule has 0 saturated heterocycles. The highest BCUT2D eigenvalue weighted by molar-refractivity contribution is 9.10. The van der Waals surface area contributed by atoms with Crippen LogP contribution < -0.4 is 4.74 Å². The predicted molar refractivity (Wildman–Crippen MR) is 85.0 cm³/mol. The second-order valence-corrected chi connectivity index (χ2v) is 5.86. The van der Waals surface area contributed by atoms with Crippen LogP contribution in [0.15, 0.2) is 53.0 Å². The topological polar surface area (TPSA) is 29.5 Å². The molecule has 3 heteroatoms. The maximum atomic E-state index is 10.4. The first kappa shape index (κ1) is 15.1. The van der Waals surface area contributed by atoms with Gasteiger partial charge in [0.1, 0.15) is 5.75 Å². The molecule has 0 heterocycles. The molecule has 0 radical (unpaired) electrons. The number of rotatable bonds is 5. The summed E-state index contributed by atoms with van der Waals surface area (Å²) < 4.78 is 6.17. The van der Waals surface area contributed by atoms with Gasteiger partial charge in [-0.3, -0.25) is 0 Å². The summed E-state index contributed by atoms with van der Waals surface area (Å²) in [6, 6.07) is 15.8. The monoisotopic (exact) mass is 334 g/mol. The summed E-state index contributed by atoms with van der Waals surface area (Å²) in [6.07, 6.45) is 0.371. The lowest BCUT2D eigenvalue weighted by Crippen LogP contribution is -2.12. The van der Waals surface area contributed by atoms with E-state index in [1.165, 1.54) is 5.56 Å². The molecule has 2 rings (SSSR count). The Labute approximate surface area is 128 Å². The summed E-state index contributed by atoms with van der Waals surface area (Å²) in [5, 5.41) is 10.4. The first-order valence-electron chi connectivity index (χ1n) is 6.67. The molecular formula is C17H19BrO2. The quantitative estimate of drug-likeness (QED) is 0.879. The first-order chi connectivity index (χ1) is 9.61. The van der Waals surface area contributed by atoms with Crippen LogP contribution in [0.25, 0.3) is 0 Å². The summed E-state index contributed by atoms with van der Waals surface area (Å²) in [4.78, 5) is 0. The van der Waals surface area contributed by atoms with Gasteiger partial charge in [0.05, 0.1) is 17.7 Å². The van der Waals surface area contributed by atoms with Crippen LogP contribution in [0.2, 0.25) is 0 Å². The van der Waals surface area contributed by atoms with Gasteiger partial charge < -0.3 is 9.84 Å². The van der Waals surface area contributed by atoms with E-state index in [4.69, 9.17) is 4.74 Å². The average Bonchev–Trinajstić information content (AvgIpc) is 2.47. The second kappa shape index (κ2) is 6.91. The van der Waals surface area contributed by atoms with Crippen molar-refractivity contribution in [2.75, 3.05) is 7.11 Å². The van der Waals surface area contributed by atoms with Gasteiger partial charge in [0.15, 0.2) is 0 Å². The van der Waals surface area contributed by atoms with E-state index in [0.717, 1.165) is 22.2 Å². The molecule has 0 fully saturated rings. The van der Waals surface area contributed by atoms with Crippen LogP contribution in [-0.2, 0) is 6.42 Å². The maximum absolute atomic E-state index is 10.4. The third-order valence-electron chi connectivity index (χ3n) is 3.45. The van der Waals surface area contributed by atoms with Crippen molar-refractivity contribution in [2.45, 2.75) is 19.4 Å². The summed E-state index contributed by atoms with van der Waals surface area (Å²) in [7, 11) is 1.65. The number of methoxy groups -OCH3 is 1. The van der Waals surface area contributed by atoms with Crippen molar-refractivity contribution in [3.8, 4) is 5.75 Å². The Morgan fingerprint density at radius 1 is 1.15 bits per heavy atom. The van der Waals surface area contributed by atoms with E-state index in [-0.39, 0.29) is 5.92 Å². The molecule has 1 N–H and O–H groups in total. The molecule has 0 aliphatic heterocycles. The Morgan fingerprint density at radius 3 is 2.45 bits per heavy atom. The summed E-state index contributed by atoms with van der Waals surface area (Å²) in [5.74, 6) is 0.975. The second-order valence-electron chi connectivity index (χ2n) is 5.01. The van der Waals surface area contributed by atoms with Gasteiger partial charge in [0.2, 0.25) is 0 Å². The molecule has 106 valence electrons. The maximum Gasteiger partial charge on any atom is 0.133 e. The van der Waals surface area contributed by atoms with Gasteiger partial charge >= 0.3 is 0 Å². The molecule has 0 amide bonds. The van der Waals surface area contributed by atoms with Gasteiger partial charge in [0.25, 0.3) is 0 Å². The van der Waals surface area contributed by atoms with Gasteiger partial charge in [-0.05, 0) is 51.5 Å². The van der Waals surface area contributed by atoms with E-state index in [9.17, 15) is 5.11 Å². The highest BCUT2D eigenvalue weighted by atomic mass is 79.9. The number of ether oxygens (including phenoxy) is 1. The highest BCUT2D eigenvalue weighted by Gasteiger charge is 2.17. The van der Waals surface area contributed by atoms with Gasteiger partial charge in [-0.15, -0.1) is 0 Å². The number of hydrogen-bond acceptors (Lipinski definition) is 2. The Balaban J connectivity index is 2.08. The SMILES string of the molecule is COc1ccc(CC(C)C(O)c2ccccc2)cc1Br. The third kappa shape index (κ3) is 3.62. The van der Waals surface area contributed by atoms with Crippen molar-refractivity contribution < 1.29 is 9.84 Å². The Hall–Kier alpha value is -1.32. The van der Waals surface area contributed by atoms with Gasteiger partial charge in [-0.2, -0.15) is 0 Å². The normalized spacial score (nSPS) is 13.8. The molecule has 2 aromatic rings. The molecule has 2 aromatic carbocycles. The number of benzene rings is 2. The summed E-state index contributed by atoms with van der Waals surface area (Å²) in [6.45, 7) is 2.07. The van der Waals surface area contributed by atoms with Crippen molar-refractivity contribution in [3.63, 3.8) is 0 Å².